The molecule has 0 saturated heterocycles. The first kappa shape index (κ1) is 14.3. The summed E-state index contributed by atoms with van der Waals surface area (Å²) >= 11 is 0. The summed E-state index contributed by atoms with van der Waals surface area (Å²) in [6.07, 6.45) is 1.97. The van der Waals surface area contributed by atoms with Gasteiger partial charge in [-0.25, -0.2) is 0 Å². The van der Waals surface area contributed by atoms with Crippen molar-refractivity contribution < 1.29 is 4.74 Å². The predicted molar refractivity (Wildman–Crippen MR) is 85.7 cm³/mol. The van der Waals surface area contributed by atoms with Crippen molar-refractivity contribution in [1.82, 2.24) is 0 Å². The van der Waals surface area contributed by atoms with Gasteiger partial charge in [0, 0.05) is 17.4 Å². The van der Waals surface area contributed by atoms with E-state index in [4.69, 9.17) is 10.5 Å². The van der Waals surface area contributed by atoms with E-state index >= 15 is 0 Å². The van der Waals surface area contributed by atoms with Gasteiger partial charge < -0.3 is 15.8 Å². The summed E-state index contributed by atoms with van der Waals surface area (Å²) in [6, 6.07) is 14.1. The first-order valence-electron chi connectivity index (χ1n) is 7.11. The molecule has 3 N–H and O–H groups in total. The van der Waals surface area contributed by atoms with Crippen LogP contribution in [-0.4, -0.2) is 6.61 Å². The number of aryl methyl sites for hydroxylation is 1. The lowest BCUT2D eigenvalue weighted by Gasteiger charge is -2.13. The Kier molecular flexibility index (Phi) is 4.88. The van der Waals surface area contributed by atoms with Crippen LogP contribution in [0.25, 0.3) is 0 Å². The largest absolute Gasteiger partial charge is 0.491 e. The monoisotopic (exact) mass is 270 g/mol. The fourth-order valence-electron chi connectivity index (χ4n) is 2.06. The highest BCUT2D eigenvalue weighted by Crippen LogP contribution is 2.28. The predicted octanol–water partition coefficient (Wildman–Crippen LogP) is 4.36. The van der Waals surface area contributed by atoms with Crippen molar-refractivity contribution in [2.45, 2.75) is 26.7 Å². The second-order valence-electron chi connectivity index (χ2n) is 4.74. The van der Waals surface area contributed by atoms with Gasteiger partial charge >= 0.3 is 0 Å². The standard InChI is InChI=1S/C17H22N2O/c1-3-11-20-17-12-14(9-10-15(17)18)19-16-8-6-5-7-13(16)4-2/h5-10,12,19H,3-4,11,18H2,1-2H3. The average Bonchev–Trinajstić information content (AvgIpc) is 2.48. The number of rotatable bonds is 6. The molecule has 2 aromatic carbocycles. The second kappa shape index (κ2) is 6.85. The molecule has 2 rings (SSSR count). The molecule has 0 spiro atoms. The molecule has 0 saturated carbocycles. The molecule has 0 aromatic heterocycles. The van der Waals surface area contributed by atoms with Gasteiger partial charge in [-0.05, 0) is 36.6 Å². The number of hydrogen-bond acceptors (Lipinski definition) is 3. The molecule has 3 heteroatoms. The lowest BCUT2D eigenvalue weighted by Crippen LogP contribution is -2.01. The summed E-state index contributed by atoms with van der Waals surface area (Å²) < 4.78 is 5.66. The lowest BCUT2D eigenvalue weighted by atomic mass is 10.1. The van der Waals surface area contributed by atoms with Crippen molar-refractivity contribution >= 4 is 17.1 Å². The Morgan fingerprint density at radius 1 is 1.10 bits per heavy atom. The minimum atomic E-state index is 0.674. The number of nitrogen functional groups attached to an aromatic ring is 1. The third kappa shape index (κ3) is 3.44. The van der Waals surface area contributed by atoms with E-state index in [1.54, 1.807) is 0 Å². The van der Waals surface area contributed by atoms with Gasteiger partial charge in [0.1, 0.15) is 5.75 Å². The van der Waals surface area contributed by atoms with Gasteiger partial charge in [-0.3, -0.25) is 0 Å². The molecule has 0 bridgehead atoms. The molecule has 0 aliphatic rings. The van der Waals surface area contributed by atoms with Crippen LogP contribution in [0.5, 0.6) is 5.75 Å². The third-order valence-electron chi connectivity index (χ3n) is 3.15. The Bertz CT molecular complexity index is 567. The van der Waals surface area contributed by atoms with Crippen LogP contribution in [0.2, 0.25) is 0 Å². The molecule has 0 aliphatic heterocycles. The fraction of sp³-hybridized carbons (Fsp3) is 0.294. The molecule has 0 unspecified atom stereocenters. The second-order valence-corrected chi connectivity index (χ2v) is 4.74. The number of nitrogens with two attached hydrogens (primary N) is 1. The molecule has 3 nitrogen and oxygen atoms in total. The van der Waals surface area contributed by atoms with E-state index in [-0.39, 0.29) is 0 Å². The topological polar surface area (TPSA) is 47.3 Å². The first-order chi connectivity index (χ1) is 9.74. The third-order valence-corrected chi connectivity index (χ3v) is 3.15. The van der Waals surface area contributed by atoms with E-state index in [1.165, 1.54) is 5.56 Å². The van der Waals surface area contributed by atoms with Crippen molar-refractivity contribution in [3.05, 3.63) is 48.0 Å². The van der Waals surface area contributed by atoms with Gasteiger partial charge in [0.2, 0.25) is 0 Å². The molecular weight excluding hydrogens is 248 g/mol. The van der Waals surface area contributed by atoms with Gasteiger partial charge in [0.05, 0.1) is 12.3 Å². The number of anilines is 3. The Hall–Kier alpha value is -2.16. The van der Waals surface area contributed by atoms with Crippen molar-refractivity contribution in [2.75, 3.05) is 17.7 Å². The van der Waals surface area contributed by atoms with Crippen LogP contribution >= 0.6 is 0 Å². The van der Waals surface area contributed by atoms with Crippen LogP contribution in [0, 0.1) is 0 Å². The van der Waals surface area contributed by atoms with Crippen LogP contribution in [0.4, 0.5) is 17.1 Å². The first-order valence-corrected chi connectivity index (χ1v) is 7.11. The summed E-state index contributed by atoms with van der Waals surface area (Å²) in [6.45, 7) is 4.91. The normalized spacial score (nSPS) is 10.3. The zero-order chi connectivity index (χ0) is 14.4. The molecule has 106 valence electrons. The minimum absolute atomic E-state index is 0.674. The summed E-state index contributed by atoms with van der Waals surface area (Å²) in [5.74, 6) is 0.742. The van der Waals surface area contributed by atoms with Crippen molar-refractivity contribution in [1.29, 1.82) is 0 Å². The number of nitrogens with one attached hydrogen (secondary N) is 1. The maximum absolute atomic E-state index is 5.93. The van der Waals surface area contributed by atoms with Gasteiger partial charge in [0.15, 0.2) is 0 Å². The highest BCUT2D eigenvalue weighted by atomic mass is 16.5. The minimum Gasteiger partial charge on any atom is -0.491 e. The van der Waals surface area contributed by atoms with E-state index < -0.39 is 0 Å². The fourth-order valence-corrected chi connectivity index (χ4v) is 2.06. The molecule has 0 amide bonds. The van der Waals surface area contributed by atoms with E-state index in [0.29, 0.717) is 12.3 Å². The number of hydrogen-bond donors (Lipinski definition) is 2. The smallest absolute Gasteiger partial charge is 0.144 e. The van der Waals surface area contributed by atoms with Crippen LogP contribution in [0.15, 0.2) is 42.5 Å². The molecular formula is C17H22N2O. The van der Waals surface area contributed by atoms with Crippen molar-refractivity contribution in [2.24, 2.45) is 0 Å². The summed E-state index contributed by atoms with van der Waals surface area (Å²) in [5, 5.41) is 3.43. The Balaban J connectivity index is 2.20. The molecule has 20 heavy (non-hydrogen) atoms. The zero-order valence-corrected chi connectivity index (χ0v) is 12.1. The number of para-hydroxylation sites is 1. The maximum atomic E-state index is 5.93. The van der Waals surface area contributed by atoms with Crippen molar-refractivity contribution in [3.63, 3.8) is 0 Å². The summed E-state index contributed by atoms with van der Waals surface area (Å²) in [7, 11) is 0. The molecule has 0 radical (unpaired) electrons. The van der Waals surface area contributed by atoms with Gasteiger partial charge in [-0.2, -0.15) is 0 Å². The van der Waals surface area contributed by atoms with E-state index in [2.05, 4.69) is 37.4 Å². The lowest BCUT2D eigenvalue weighted by molar-refractivity contribution is 0.319. The quantitative estimate of drug-likeness (QED) is 0.766. The van der Waals surface area contributed by atoms with Crippen molar-refractivity contribution in [3.8, 4) is 5.75 Å². The van der Waals surface area contributed by atoms with Crippen LogP contribution in [-0.2, 0) is 6.42 Å². The van der Waals surface area contributed by atoms with Gasteiger partial charge in [-0.1, -0.05) is 32.0 Å². The Morgan fingerprint density at radius 2 is 1.90 bits per heavy atom. The van der Waals surface area contributed by atoms with Crippen LogP contribution in [0.1, 0.15) is 25.8 Å². The molecule has 0 atom stereocenters. The Labute approximate surface area is 120 Å². The SMILES string of the molecule is CCCOc1cc(Nc2ccccc2CC)ccc1N. The Morgan fingerprint density at radius 3 is 2.65 bits per heavy atom. The highest BCUT2D eigenvalue weighted by molar-refractivity contribution is 5.68. The van der Waals surface area contributed by atoms with Crippen LogP contribution < -0.4 is 15.8 Å². The summed E-state index contributed by atoms with van der Waals surface area (Å²) in [5.41, 5.74) is 10.0. The van der Waals surface area contributed by atoms with E-state index in [1.807, 2.05) is 24.3 Å². The van der Waals surface area contributed by atoms with Crippen LogP contribution in [0.3, 0.4) is 0 Å². The van der Waals surface area contributed by atoms with E-state index in [9.17, 15) is 0 Å². The maximum Gasteiger partial charge on any atom is 0.144 e. The zero-order valence-electron chi connectivity index (χ0n) is 12.1. The molecule has 0 aliphatic carbocycles. The number of benzene rings is 2. The molecule has 2 aromatic rings. The highest BCUT2D eigenvalue weighted by Gasteiger charge is 2.04. The van der Waals surface area contributed by atoms with Gasteiger partial charge in [0.25, 0.3) is 0 Å². The average molecular weight is 270 g/mol. The molecule has 0 heterocycles. The molecule has 0 fully saturated rings. The van der Waals surface area contributed by atoms with E-state index in [0.717, 1.165) is 30.0 Å². The van der Waals surface area contributed by atoms with Gasteiger partial charge in [-0.15, -0.1) is 0 Å². The number of ether oxygens (including phenoxy) is 1. The summed E-state index contributed by atoms with van der Waals surface area (Å²) in [4.78, 5) is 0.